The van der Waals surface area contributed by atoms with E-state index in [1.54, 1.807) is 39.1 Å². The van der Waals surface area contributed by atoms with Crippen molar-refractivity contribution in [3.63, 3.8) is 0 Å². The van der Waals surface area contributed by atoms with E-state index in [2.05, 4.69) is 27.3 Å². The number of aliphatic hydroxyl groups is 1. The maximum Gasteiger partial charge on any atom is 0.251 e. The van der Waals surface area contributed by atoms with E-state index < -0.39 is 15.4 Å². The van der Waals surface area contributed by atoms with Crippen LogP contribution in [0.2, 0.25) is 0 Å². The molecular formula is C32H36N4O4S. The van der Waals surface area contributed by atoms with E-state index in [-0.39, 0.29) is 22.9 Å². The molecule has 0 bridgehead atoms. The molecular weight excluding hydrogens is 536 g/mol. The highest BCUT2D eigenvalue weighted by atomic mass is 32.2. The number of anilines is 1. The predicted octanol–water partition coefficient (Wildman–Crippen LogP) is 4.88. The summed E-state index contributed by atoms with van der Waals surface area (Å²) in [5.41, 5.74) is 3.66. The lowest BCUT2D eigenvalue weighted by Gasteiger charge is -2.34. The number of hydrogen-bond donors (Lipinski definition) is 2. The first-order valence-electron chi connectivity index (χ1n) is 13.8. The van der Waals surface area contributed by atoms with E-state index in [9.17, 15) is 18.3 Å². The van der Waals surface area contributed by atoms with Crippen molar-refractivity contribution in [2.75, 3.05) is 24.2 Å². The van der Waals surface area contributed by atoms with Crippen LogP contribution in [0.1, 0.15) is 65.3 Å². The van der Waals surface area contributed by atoms with Crippen LogP contribution in [0.3, 0.4) is 0 Å². The average Bonchev–Trinajstić information content (AvgIpc) is 2.95. The van der Waals surface area contributed by atoms with Crippen molar-refractivity contribution in [2.24, 2.45) is 0 Å². The number of hydrogen-bond acceptors (Lipinski definition) is 7. The molecule has 0 radical (unpaired) electrons. The Morgan fingerprint density at radius 3 is 2.56 bits per heavy atom. The molecule has 1 aliphatic heterocycles. The van der Waals surface area contributed by atoms with Crippen molar-refractivity contribution in [1.29, 1.82) is 0 Å². The fourth-order valence-corrected chi connectivity index (χ4v) is 6.35. The van der Waals surface area contributed by atoms with Gasteiger partial charge in [0.05, 0.1) is 28.3 Å². The SMILES string of the molecule is Cc1ccc(C(=O)NCc2cc3nc(N4CCC[C@H](c5ccc(C(C)(C)O)cc5)C4)ccc3cn2)cc1S(C)(=O)=O. The zero-order valence-electron chi connectivity index (χ0n) is 23.9. The Kier molecular flexibility index (Phi) is 7.85. The quantitative estimate of drug-likeness (QED) is 0.325. The number of aromatic nitrogens is 2. The number of piperidine rings is 1. The van der Waals surface area contributed by atoms with Crippen molar-refractivity contribution in [3.8, 4) is 0 Å². The number of amides is 1. The molecule has 1 aliphatic rings. The standard InChI is InChI=1S/C32H36N4O4S/c1-21-7-8-23(16-29(21)41(4,39)40)31(37)34-19-27-17-28-24(18-33-27)11-14-30(35-28)36-15-5-6-25(20-36)22-9-12-26(13-10-22)32(2,3)38/h7-14,16-18,25,38H,5-6,15,19-20H2,1-4H3,(H,34,37)/t25-/m0/s1. The zero-order valence-corrected chi connectivity index (χ0v) is 24.7. The number of aryl methyl sites for hydroxylation is 1. The van der Waals surface area contributed by atoms with Crippen molar-refractivity contribution in [3.05, 3.63) is 94.8 Å². The third-order valence-electron chi connectivity index (χ3n) is 7.73. The van der Waals surface area contributed by atoms with Gasteiger partial charge in [0.15, 0.2) is 9.84 Å². The molecule has 2 aromatic carbocycles. The number of carbonyl (C=O) groups excluding carboxylic acids is 1. The van der Waals surface area contributed by atoms with E-state index in [0.29, 0.717) is 17.2 Å². The first-order chi connectivity index (χ1) is 19.4. The van der Waals surface area contributed by atoms with Gasteiger partial charge in [-0.2, -0.15) is 0 Å². The predicted molar refractivity (Wildman–Crippen MR) is 161 cm³/mol. The van der Waals surface area contributed by atoms with Crippen LogP contribution < -0.4 is 10.2 Å². The molecule has 1 saturated heterocycles. The Hall–Kier alpha value is -3.82. The van der Waals surface area contributed by atoms with Crippen molar-refractivity contribution < 1.29 is 18.3 Å². The first kappa shape index (κ1) is 28.7. The summed E-state index contributed by atoms with van der Waals surface area (Å²) in [6.07, 6.45) is 5.05. The molecule has 8 nitrogen and oxygen atoms in total. The highest BCUT2D eigenvalue weighted by molar-refractivity contribution is 7.90. The fraction of sp³-hybridized carbons (Fsp3) is 0.344. The minimum atomic E-state index is -3.43. The van der Waals surface area contributed by atoms with Gasteiger partial charge < -0.3 is 15.3 Å². The van der Waals surface area contributed by atoms with Crippen LogP contribution in [0, 0.1) is 6.92 Å². The molecule has 2 aromatic heterocycles. The maximum atomic E-state index is 12.8. The highest BCUT2D eigenvalue weighted by Crippen LogP contribution is 2.31. The molecule has 3 heterocycles. The van der Waals surface area contributed by atoms with Gasteiger partial charge >= 0.3 is 0 Å². The van der Waals surface area contributed by atoms with Crippen molar-refractivity contribution in [1.82, 2.24) is 15.3 Å². The Bertz CT molecular complexity index is 1700. The molecule has 41 heavy (non-hydrogen) atoms. The summed E-state index contributed by atoms with van der Waals surface area (Å²) in [5.74, 6) is 0.920. The van der Waals surface area contributed by atoms with Crippen LogP contribution in [0.15, 0.2) is 71.8 Å². The van der Waals surface area contributed by atoms with E-state index >= 15 is 0 Å². The molecule has 0 aliphatic carbocycles. The molecule has 0 spiro atoms. The lowest BCUT2D eigenvalue weighted by Crippen LogP contribution is -2.35. The summed E-state index contributed by atoms with van der Waals surface area (Å²) in [6.45, 7) is 7.28. The van der Waals surface area contributed by atoms with Crippen LogP contribution >= 0.6 is 0 Å². The van der Waals surface area contributed by atoms with Crippen LogP contribution in [0.5, 0.6) is 0 Å². The Labute approximate surface area is 241 Å². The second-order valence-electron chi connectivity index (χ2n) is 11.4. The molecule has 0 saturated carbocycles. The largest absolute Gasteiger partial charge is 0.386 e. The van der Waals surface area contributed by atoms with Gasteiger partial charge in [-0.05, 0) is 80.6 Å². The Morgan fingerprint density at radius 2 is 1.85 bits per heavy atom. The summed E-state index contributed by atoms with van der Waals surface area (Å²) in [6, 6.07) is 18.9. The van der Waals surface area contributed by atoms with E-state index in [1.807, 2.05) is 30.3 Å². The molecule has 1 atom stereocenters. The Balaban J connectivity index is 1.29. The summed E-state index contributed by atoms with van der Waals surface area (Å²) in [5, 5.41) is 14.0. The normalized spacial score (nSPS) is 16.1. The number of sulfone groups is 1. The van der Waals surface area contributed by atoms with E-state index in [0.717, 1.165) is 54.5 Å². The van der Waals surface area contributed by atoms with Crippen molar-refractivity contribution >= 4 is 32.5 Å². The molecule has 214 valence electrons. The minimum Gasteiger partial charge on any atom is -0.386 e. The zero-order chi connectivity index (χ0) is 29.4. The van der Waals surface area contributed by atoms with Crippen LogP contribution in [-0.4, -0.2) is 48.7 Å². The van der Waals surface area contributed by atoms with Gasteiger partial charge in [0, 0.05) is 42.4 Å². The smallest absolute Gasteiger partial charge is 0.251 e. The summed E-state index contributed by atoms with van der Waals surface area (Å²) in [4.78, 5) is 24.7. The van der Waals surface area contributed by atoms with Crippen molar-refractivity contribution in [2.45, 2.75) is 56.6 Å². The van der Waals surface area contributed by atoms with Gasteiger partial charge in [-0.3, -0.25) is 9.78 Å². The lowest BCUT2D eigenvalue weighted by molar-refractivity contribution is 0.0785. The number of rotatable bonds is 7. The molecule has 0 unspecified atom stereocenters. The molecule has 4 aromatic rings. The number of pyridine rings is 2. The Morgan fingerprint density at radius 1 is 1.10 bits per heavy atom. The van der Waals surface area contributed by atoms with Gasteiger partial charge in [0.2, 0.25) is 0 Å². The highest BCUT2D eigenvalue weighted by Gasteiger charge is 2.24. The lowest BCUT2D eigenvalue weighted by atomic mass is 9.88. The molecule has 1 amide bonds. The van der Waals surface area contributed by atoms with Crippen LogP contribution in [0.4, 0.5) is 5.82 Å². The second kappa shape index (κ2) is 11.2. The first-order valence-corrected chi connectivity index (χ1v) is 15.7. The molecule has 2 N–H and O–H groups in total. The van der Waals surface area contributed by atoms with Gasteiger partial charge in [-0.25, -0.2) is 13.4 Å². The maximum absolute atomic E-state index is 12.8. The minimum absolute atomic E-state index is 0.150. The summed E-state index contributed by atoms with van der Waals surface area (Å²) in [7, 11) is -3.43. The summed E-state index contributed by atoms with van der Waals surface area (Å²) >= 11 is 0. The molecule has 1 fully saturated rings. The van der Waals surface area contributed by atoms with Gasteiger partial charge in [-0.1, -0.05) is 30.3 Å². The average molecular weight is 573 g/mol. The number of carbonyl (C=O) groups is 1. The molecule has 9 heteroatoms. The fourth-order valence-electron chi connectivity index (χ4n) is 5.35. The second-order valence-corrected chi connectivity index (χ2v) is 13.4. The topological polar surface area (TPSA) is 112 Å². The number of fused-ring (bicyclic) bond motifs is 1. The summed E-state index contributed by atoms with van der Waals surface area (Å²) < 4.78 is 24.1. The number of benzene rings is 2. The monoisotopic (exact) mass is 572 g/mol. The van der Waals surface area contributed by atoms with Crippen LogP contribution in [-0.2, 0) is 22.0 Å². The van der Waals surface area contributed by atoms with Gasteiger partial charge in [0.25, 0.3) is 5.91 Å². The van der Waals surface area contributed by atoms with Gasteiger partial charge in [-0.15, -0.1) is 0 Å². The van der Waals surface area contributed by atoms with E-state index in [1.165, 1.54) is 11.6 Å². The third-order valence-corrected chi connectivity index (χ3v) is 8.97. The van der Waals surface area contributed by atoms with Crippen LogP contribution in [0.25, 0.3) is 10.9 Å². The number of nitrogens with zero attached hydrogens (tertiary/aromatic N) is 3. The third kappa shape index (κ3) is 6.57. The van der Waals surface area contributed by atoms with E-state index in [4.69, 9.17) is 4.98 Å². The molecule has 5 rings (SSSR count). The van der Waals surface area contributed by atoms with Gasteiger partial charge in [0.1, 0.15) is 5.82 Å². The number of nitrogens with one attached hydrogen (secondary N) is 1.